The van der Waals surface area contributed by atoms with Crippen molar-refractivity contribution in [1.82, 2.24) is 10.2 Å². The van der Waals surface area contributed by atoms with Crippen LogP contribution in [0.2, 0.25) is 0 Å². The molecule has 1 fully saturated rings. The van der Waals surface area contributed by atoms with Crippen molar-refractivity contribution in [2.75, 3.05) is 13.1 Å². The average molecular weight is 269 g/mol. The van der Waals surface area contributed by atoms with Crippen LogP contribution < -0.4 is 11.1 Å². The minimum atomic E-state index is -0.162. The van der Waals surface area contributed by atoms with Gasteiger partial charge in [-0.25, -0.2) is 0 Å². The van der Waals surface area contributed by atoms with Gasteiger partial charge in [0.1, 0.15) is 0 Å². The van der Waals surface area contributed by atoms with E-state index >= 15 is 0 Å². The van der Waals surface area contributed by atoms with E-state index in [2.05, 4.69) is 5.32 Å². The highest BCUT2D eigenvalue weighted by Crippen LogP contribution is 2.14. The predicted octanol–water partition coefficient (Wildman–Crippen LogP) is 0.877. The van der Waals surface area contributed by atoms with E-state index in [1.165, 1.54) is 0 Å². The first-order valence-electron chi connectivity index (χ1n) is 7.29. The van der Waals surface area contributed by atoms with Crippen LogP contribution in [0.25, 0.3) is 0 Å². The van der Waals surface area contributed by atoms with Crippen molar-refractivity contribution in [2.24, 2.45) is 11.7 Å². The summed E-state index contributed by atoms with van der Waals surface area (Å²) in [4.78, 5) is 25.7. The molecule has 3 N–H and O–H groups in total. The number of nitrogens with one attached hydrogen (secondary N) is 1. The molecule has 1 rings (SSSR count). The molecular weight excluding hydrogens is 242 g/mol. The second kappa shape index (κ2) is 7.48. The van der Waals surface area contributed by atoms with Crippen molar-refractivity contribution in [3.8, 4) is 0 Å². The fraction of sp³-hybridized carbons (Fsp3) is 0.857. The van der Waals surface area contributed by atoms with E-state index in [1.807, 2.05) is 25.7 Å². The zero-order valence-electron chi connectivity index (χ0n) is 12.3. The van der Waals surface area contributed by atoms with Gasteiger partial charge in [0.2, 0.25) is 11.8 Å². The first kappa shape index (κ1) is 16.0. The summed E-state index contributed by atoms with van der Waals surface area (Å²) in [5.41, 5.74) is 5.78. The smallest absolute Gasteiger partial charge is 0.227 e. The Balaban J connectivity index is 2.50. The Labute approximate surface area is 115 Å². The van der Waals surface area contributed by atoms with E-state index in [-0.39, 0.29) is 29.8 Å². The van der Waals surface area contributed by atoms with Crippen LogP contribution in [0.5, 0.6) is 0 Å². The summed E-state index contributed by atoms with van der Waals surface area (Å²) in [6.07, 6.45) is 3.30. The molecule has 0 aliphatic carbocycles. The molecule has 0 saturated carbocycles. The third kappa shape index (κ3) is 4.82. The lowest BCUT2D eigenvalue weighted by Crippen LogP contribution is -2.52. The molecule has 1 saturated heterocycles. The van der Waals surface area contributed by atoms with E-state index in [1.54, 1.807) is 0 Å². The Morgan fingerprint density at radius 2 is 2.11 bits per heavy atom. The summed E-state index contributed by atoms with van der Waals surface area (Å²) in [6.45, 7) is 7.10. The molecule has 3 unspecified atom stereocenters. The fourth-order valence-electron chi connectivity index (χ4n) is 2.33. The predicted molar refractivity (Wildman–Crippen MR) is 75.5 cm³/mol. The van der Waals surface area contributed by atoms with Crippen LogP contribution in [0.4, 0.5) is 0 Å². The minimum Gasteiger partial charge on any atom is -0.352 e. The van der Waals surface area contributed by atoms with Gasteiger partial charge in [0.05, 0.1) is 5.92 Å². The number of piperidine rings is 1. The summed E-state index contributed by atoms with van der Waals surface area (Å²) in [5.74, 6) is 0.0246. The maximum atomic E-state index is 12.2. The Morgan fingerprint density at radius 1 is 1.42 bits per heavy atom. The van der Waals surface area contributed by atoms with Gasteiger partial charge in [-0.05, 0) is 26.2 Å². The SMILES string of the molecule is CCCC(=O)NC1CCCN(C(=O)C(C)C(C)N)C1. The van der Waals surface area contributed by atoms with E-state index in [9.17, 15) is 9.59 Å². The Bertz CT molecular complexity index is 318. The highest BCUT2D eigenvalue weighted by molar-refractivity contribution is 5.79. The van der Waals surface area contributed by atoms with Gasteiger partial charge in [0.25, 0.3) is 0 Å². The van der Waals surface area contributed by atoms with Gasteiger partial charge in [-0.1, -0.05) is 13.8 Å². The number of hydrogen-bond donors (Lipinski definition) is 2. The normalized spacial score (nSPS) is 22.7. The standard InChI is InChI=1S/C14H27N3O2/c1-4-6-13(18)16-12-7-5-8-17(9-12)14(19)10(2)11(3)15/h10-12H,4-9,15H2,1-3H3,(H,16,18). The van der Waals surface area contributed by atoms with Gasteiger partial charge in [0.15, 0.2) is 0 Å². The highest BCUT2D eigenvalue weighted by Gasteiger charge is 2.28. The van der Waals surface area contributed by atoms with E-state index in [4.69, 9.17) is 5.73 Å². The molecule has 5 heteroatoms. The maximum absolute atomic E-state index is 12.2. The molecular formula is C14H27N3O2. The van der Waals surface area contributed by atoms with E-state index < -0.39 is 0 Å². The van der Waals surface area contributed by atoms with Crippen molar-refractivity contribution in [3.63, 3.8) is 0 Å². The van der Waals surface area contributed by atoms with Crippen LogP contribution in [0.15, 0.2) is 0 Å². The maximum Gasteiger partial charge on any atom is 0.227 e. The molecule has 110 valence electrons. The molecule has 0 aromatic carbocycles. The number of nitrogens with two attached hydrogens (primary N) is 1. The molecule has 0 aromatic rings. The fourth-order valence-corrected chi connectivity index (χ4v) is 2.33. The third-order valence-corrected chi connectivity index (χ3v) is 3.75. The van der Waals surface area contributed by atoms with Crippen molar-refractivity contribution in [1.29, 1.82) is 0 Å². The zero-order chi connectivity index (χ0) is 14.4. The Kier molecular flexibility index (Phi) is 6.28. The third-order valence-electron chi connectivity index (χ3n) is 3.75. The van der Waals surface area contributed by atoms with Crippen LogP contribution in [-0.2, 0) is 9.59 Å². The number of amides is 2. The lowest BCUT2D eigenvalue weighted by atomic mass is 9.99. The van der Waals surface area contributed by atoms with Crippen LogP contribution in [-0.4, -0.2) is 41.9 Å². The summed E-state index contributed by atoms with van der Waals surface area (Å²) in [5, 5.41) is 3.01. The zero-order valence-corrected chi connectivity index (χ0v) is 12.3. The number of likely N-dealkylation sites (tertiary alicyclic amines) is 1. The molecule has 0 bridgehead atoms. The molecule has 2 amide bonds. The average Bonchev–Trinajstić information content (AvgIpc) is 2.37. The first-order chi connectivity index (χ1) is 8.95. The number of rotatable bonds is 5. The molecule has 0 aromatic heterocycles. The van der Waals surface area contributed by atoms with Gasteiger partial charge in [-0.15, -0.1) is 0 Å². The molecule has 0 radical (unpaired) electrons. The second-order valence-electron chi connectivity index (χ2n) is 5.59. The number of hydrogen-bond acceptors (Lipinski definition) is 3. The summed E-state index contributed by atoms with van der Waals surface area (Å²) in [7, 11) is 0. The minimum absolute atomic E-state index is 0.0852. The Morgan fingerprint density at radius 3 is 2.68 bits per heavy atom. The molecule has 1 heterocycles. The lowest BCUT2D eigenvalue weighted by molar-refractivity contribution is -0.137. The molecule has 1 aliphatic heterocycles. The van der Waals surface area contributed by atoms with Crippen LogP contribution in [0.1, 0.15) is 46.5 Å². The van der Waals surface area contributed by atoms with Gasteiger partial charge < -0.3 is 16.0 Å². The monoisotopic (exact) mass is 269 g/mol. The summed E-state index contributed by atoms with van der Waals surface area (Å²) < 4.78 is 0. The quantitative estimate of drug-likeness (QED) is 0.778. The first-order valence-corrected chi connectivity index (χ1v) is 7.29. The van der Waals surface area contributed by atoms with Crippen LogP contribution in [0, 0.1) is 5.92 Å². The second-order valence-corrected chi connectivity index (χ2v) is 5.59. The largest absolute Gasteiger partial charge is 0.352 e. The van der Waals surface area contributed by atoms with Gasteiger partial charge in [-0.3, -0.25) is 9.59 Å². The van der Waals surface area contributed by atoms with E-state index in [0.717, 1.165) is 25.8 Å². The van der Waals surface area contributed by atoms with Crippen LogP contribution >= 0.6 is 0 Å². The van der Waals surface area contributed by atoms with Crippen molar-refractivity contribution < 1.29 is 9.59 Å². The van der Waals surface area contributed by atoms with Crippen molar-refractivity contribution in [2.45, 2.75) is 58.5 Å². The molecule has 5 nitrogen and oxygen atoms in total. The Hall–Kier alpha value is -1.10. The summed E-state index contributed by atoms with van der Waals surface area (Å²) in [6, 6.07) is -0.0420. The number of carbonyl (C=O) groups is 2. The highest BCUT2D eigenvalue weighted by atomic mass is 16.2. The van der Waals surface area contributed by atoms with Crippen LogP contribution in [0.3, 0.4) is 0 Å². The molecule has 1 aliphatic rings. The summed E-state index contributed by atoms with van der Waals surface area (Å²) >= 11 is 0. The number of nitrogens with zero attached hydrogens (tertiary/aromatic N) is 1. The molecule has 0 spiro atoms. The molecule has 19 heavy (non-hydrogen) atoms. The van der Waals surface area contributed by atoms with Crippen molar-refractivity contribution >= 4 is 11.8 Å². The van der Waals surface area contributed by atoms with E-state index in [0.29, 0.717) is 13.0 Å². The number of carbonyl (C=O) groups excluding carboxylic acids is 2. The lowest BCUT2D eigenvalue weighted by Gasteiger charge is -2.35. The van der Waals surface area contributed by atoms with Crippen molar-refractivity contribution in [3.05, 3.63) is 0 Å². The topological polar surface area (TPSA) is 75.4 Å². The molecule has 3 atom stereocenters. The van der Waals surface area contributed by atoms with Gasteiger partial charge >= 0.3 is 0 Å². The van der Waals surface area contributed by atoms with Gasteiger partial charge in [-0.2, -0.15) is 0 Å². The van der Waals surface area contributed by atoms with Gasteiger partial charge in [0, 0.05) is 31.6 Å².